The van der Waals surface area contributed by atoms with Gasteiger partial charge in [-0.1, -0.05) is 48.3 Å². The lowest BCUT2D eigenvalue weighted by Crippen LogP contribution is -2.52. The van der Waals surface area contributed by atoms with Crippen molar-refractivity contribution < 1.29 is 18.0 Å². The van der Waals surface area contributed by atoms with E-state index in [9.17, 15) is 18.0 Å². The zero-order valence-electron chi connectivity index (χ0n) is 25.5. The average molecular weight is 649 g/mol. The van der Waals surface area contributed by atoms with E-state index in [-0.39, 0.29) is 23.9 Å². The molecule has 0 heterocycles. The summed E-state index contributed by atoms with van der Waals surface area (Å²) in [5.74, 6) is 1.53. The van der Waals surface area contributed by atoms with Gasteiger partial charge in [-0.05, 0) is 112 Å². The highest BCUT2D eigenvalue weighted by atomic mass is 35.5. The zero-order chi connectivity index (χ0) is 31.1. The number of carbonyl (C=O) groups excluding carboxylic acids is 2. The molecule has 0 unspecified atom stereocenters. The molecule has 7 nitrogen and oxygen atoms in total. The van der Waals surface area contributed by atoms with Crippen molar-refractivity contribution in [3.8, 4) is 0 Å². The summed E-state index contributed by atoms with van der Waals surface area (Å²) in [6.45, 7) is 4.97. The fourth-order valence-electron chi connectivity index (χ4n) is 7.96. The van der Waals surface area contributed by atoms with Gasteiger partial charge in [-0.15, -0.1) is 0 Å². The summed E-state index contributed by atoms with van der Waals surface area (Å²) in [5.41, 5.74) is 2.38. The van der Waals surface area contributed by atoms with E-state index in [1.54, 1.807) is 25.1 Å². The number of nitrogens with one attached hydrogen (secondary N) is 1. The van der Waals surface area contributed by atoms with Gasteiger partial charge in [-0.25, -0.2) is 8.42 Å². The summed E-state index contributed by atoms with van der Waals surface area (Å²) >= 11 is 12.9. The van der Waals surface area contributed by atoms with Crippen LogP contribution in [0.15, 0.2) is 42.5 Å². The molecule has 10 heteroatoms. The van der Waals surface area contributed by atoms with Crippen LogP contribution in [-0.2, 0) is 31.6 Å². The van der Waals surface area contributed by atoms with Crippen LogP contribution in [0.4, 0.5) is 5.69 Å². The van der Waals surface area contributed by atoms with Gasteiger partial charge >= 0.3 is 0 Å². The van der Waals surface area contributed by atoms with E-state index in [1.165, 1.54) is 49.0 Å². The SMILES string of the molecule is CC[C@@H](C)NC(=O)[C@H](C)N(Cc1c(Cl)cccc1Cl)C(=O)CN(c1ccc(C23CC4CC(CC(C4)C2)C3)cc1)S(C)(=O)=O. The van der Waals surface area contributed by atoms with Gasteiger partial charge in [-0.2, -0.15) is 0 Å². The summed E-state index contributed by atoms with van der Waals surface area (Å²) < 4.78 is 27.3. The van der Waals surface area contributed by atoms with Crippen molar-refractivity contribution in [3.05, 3.63) is 63.6 Å². The molecule has 4 aliphatic carbocycles. The zero-order valence-corrected chi connectivity index (χ0v) is 27.8. The number of amides is 2. The molecule has 0 radical (unpaired) electrons. The van der Waals surface area contributed by atoms with Crippen LogP contribution < -0.4 is 9.62 Å². The minimum Gasteiger partial charge on any atom is -0.352 e. The second-order valence-electron chi connectivity index (χ2n) is 13.2. The van der Waals surface area contributed by atoms with E-state index in [4.69, 9.17) is 23.2 Å². The van der Waals surface area contributed by atoms with Gasteiger partial charge in [0.15, 0.2) is 0 Å². The molecular weight excluding hydrogens is 605 g/mol. The summed E-state index contributed by atoms with van der Waals surface area (Å²) in [4.78, 5) is 28.5. The molecular formula is C33H43Cl2N3O4S. The number of hydrogen-bond donors (Lipinski definition) is 1. The van der Waals surface area contributed by atoms with E-state index in [2.05, 4.69) is 17.4 Å². The predicted octanol–water partition coefficient (Wildman–Crippen LogP) is 6.56. The van der Waals surface area contributed by atoms with Gasteiger partial charge in [0.1, 0.15) is 12.6 Å². The van der Waals surface area contributed by atoms with Gasteiger partial charge in [0.25, 0.3) is 0 Å². The summed E-state index contributed by atoms with van der Waals surface area (Å²) in [7, 11) is -3.83. The van der Waals surface area contributed by atoms with Crippen molar-refractivity contribution >= 4 is 50.7 Å². The normalized spacial score (nSPS) is 25.7. The van der Waals surface area contributed by atoms with Crippen molar-refractivity contribution in [2.24, 2.45) is 17.8 Å². The highest BCUT2D eigenvalue weighted by molar-refractivity contribution is 7.92. The van der Waals surface area contributed by atoms with Crippen molar-refractivity contribution in [2.75, 3.05) is 17.1 Å². The van der Waals surface area contributed by atoms with Crippen LogP contribution in [0.2, 0.25) is 10.0 Å². The minimum atomic E-state index is -3.83. The molecule has 4 aliphatic rings. The highest BCUT2D eigenvalue weighted by Crippen LogP contribution is 2.60. The van der Waals surface area contributed by atoms with Crippen LogP contribution in [0.1, 0.15) is 76.8 Å². The molecule has 2 atom stereocenters. The molecule has 0 spiro atoms. The Morgan fingerprint density at radius 1 is 0.953 bits per heavy atom. The van der Waals surface area contributed by atoms with Crippen molar-refractivity contribution in [1.29, 1.82) is 0 Å². The smallest absolute Gasteiger partial charge is 0.244 e. The third-order valence-corrected chi connectivity index (χ3v) is 11.9. The summed E-state index contributed by atoms with van der Waals surface area (Å²) in [6.07, 6.45) is 9.51. The lowest BCUT2D eigenvalue weighted by atomic mass is 9.48. The van der Waals surface area contributed by atoms with E-state index in [0.717, 1.165) is 34.7 Å². The van der Waals surface area contributed by atoms with Gasteiger partial charge in [0.2, 0.25) is 21.8 Å². The molecule has 0 aliphatic heterocycles. The maximum atomic E-state index is 14.0. The summed E-state index contributed by atoms with van der Waals surface area (Å²) in [6, 6.07) is 11.9. The van der Waals surface area contributed by atoms with Crippen LogP contribution >= 0.6 is 23.2 Å². The third kappa shape index (κ3) is 6.86. The number of sulfonamides is 1. The Bertz CT molecular complexity index is 1410. The van der Waals surface area contributed by atoms with E-state index in [1.807, 2.05) is 26.0 Å². The number of halogens is 2. The Kier molecular flexibility index (Phi) is 9.41. The second kappa shape index (κ2) is 12.6. The number of anilines is 1. The molecule has 1 N–H and O–H groups in total. The molecule has 2 aromatic rings. The van der Waals surface area contributed by atoms with Crippen LogP contribution in [0, 0.1) is 17.8 Å². The minimum absolute atomic E-state index is 0.0466. The average Bonchev–Trinajstić information content (AvgIpc) is 2.94. The molecule has 4 bridgehead atoms. The molecule has 2 amide bonds. The molecule has 43 heavy (non-hydrogen) atoms. The molecule has 4 fully saturated rings. The van der Waals surface area contributed by atoms with Crippen molar-refractivity contribution in [3.63, 3.8) is 0 Å². The molecule has 6 rings (SSSR count). The number of rotatable bonds is 11. The first-order chi connectivity index (χ1) is 20.3. The molecule has 2 aromatic carbocycles. The largest absolute Gasteiger partial charge is 0.352 e. The van der Waals surface area contributed by atoms with Gasteiger partial charge < -0.3 is 10.2 Å². The van der Waals surface area contributed by atoms with Gasteiger partial charge in [0, 0.05) is 28.2 Å². The topological polar surface area (TPSA) is 86.8 Å². The van der Waals surface area contributed by atoms with E-state index < -0.39 is 28.5 Å². The number of nitrogens with zero attached hydrogens (tertiary/aromatic N) is 2. The maximum absolute atomic E-state index is 14.0. The van der Waals surface area contributed by atoms with Crippen LogP contribution in [0.5, 0.6) is 0 Å². The third-order valence-electron chi connectivity index (χ3n) is 10.0. The first kappa shape index (κ1) is 32.1. The van der Waals surface area contributed by atoms with Crippen molar-refractivity contribution in [1.82, 2.24) is 10.2 Å². The predicted molar refractivity (Wildman–Crippen MR) is 173 cm³/mol. The second-order valence-corrected chi connectivity index (χ2v) is 16.0. The monoisotopic (exact) mass is 647 g/mol. The molecule has 4 saturated carbocycles. The van der Waals surface area contributed by atoms with Crippen molar-refractivity contribution in [2.45, 2.75) is 89.8 Å². The van der Waals surface area contributed by atoms with Gasteiger partial charge in [0.05, 0.1) is 11.9 Å². The first-order valence-electron chi connectivity index (χ1n) is 15.4. The number of benzene rings is 2. The summed E-state index contributed by atoms with van der Waals surface area (Å²) in [5, 5.41) is 3.65. The Balaban J connectivity index is 1.41. The van der Waals surface area contributed by atoms with Crippen LogP contribution in [-0.4, -0.2) is 50.0 Å². The van der Waals surface area contributed by atoms with Crippen LogP contribution in [0.25, 0.3) is 0 Å². The Labute approximate surface area is 266 Å². The highest BCUT2D eigenvalue weighted by Gasteiger charge is 2.51. The first-order valence-corrected chi connectivity index (χ1v) is 18.0. The standard InChI is InChI=1S/C33H43Cl2N3O4S/c1-5-21(2)36-32(40)22(3)37(19-28-29(34)7-6-8-30(28)35)31(39)20-38(43(4,41)42)27-11-9-26(10-12-27)33-16-23-13-24(17-33)15-25(14-23)18-33/h6-12,21-25H,5,13-20H2,1-4H3,(H,36,40)/t21-,22+,23?,24?,25?,33?/m1/s1. The fraction of sp³-hybridized carbons (Fsp3) is 0.576. The Hall–Kier alpha value is -2.29. The van der Waals surface area contributed by atoms with Crippen LogP contribution in [0.3, 0.4) is 0 Å². The van der Waals surface area contributed by atoms with E-state index in [0.29, 0.717) is 21.3 Å². The Morgan fingerprint density at radius 2 is 1.49 bits per heavy atom. The number of carbonyl (C=O) groups is 2. The molecule has 0 aromatic heterocycles. The maximum Gasteiger partial charge on any atom is 0.244 e. The molecule has 0 saturated heterocycles. The fourth-order valence-corrected chi connectivity index (χ4v) is 9.33. The lowest BCUT2D eigenvalue weighted by molar-refractivity contribution is -0.139. The number of hydrogen-bond acceptors (Lipinski definition) is 4. The quantitative estimate of drug-likeness (QED) is 0.299. The van der Waals surface area contributed by atoms with Gasteiger partial charge in [-0.3, -0.25) is 13.9 Å². The Morgan fingerprint density at radius 3 is 1.98 bits per heavy atom. The van der Waals surface area contributed by atoms with E-state index >= 15 is 0 Å². The lowest BCUT2D eigenvalue weighted by Gasteiger charge is -2.57. The molecule has 234 valence electrons.